The number of nitrogens with one attached hydrogen (secondary N) is 1. The Bertz CT molecular complexity index is 646. The summed E-state index contributed by atoms with van der Waals surface area (Å²) in [6, 6.07) is 1.96. The Labute approximate surface area is 140 Å². The molecule has 2 unspecified atom stereocenters. The highest BCUT2D eigenvalue weighted by atomic mass is 35.5. The third-order valence-corrected chi connectivity index (χ3v) is 3.91. The van der Waals surface area contributed by atoms with Crippen molar-refractivity contribution >= 4 is 36.5 Å². The predicted octanol–water partition coefficient (Wildman–Crippen LogP) is 1.13. The number of nitrogens with zero attached hydrogens (tertiary/aromatic N) is 4. The highest BCUT2D eigenvalue weighted by molar-refractivity contribution is 5.91. The van der Waals surface area contributed by atoms with E-state index in [0.717, 1.165) is 25.0 Å². The molecule has 3 rings (SSSR count). The smallest absolute Gasteiger partial charge is 0.291 e. The molecule has 7 nitrogen and oxygen atoms in total. The summed E-state index contributed by atoms with van der Waals surface area (Å²) in [7, 11) is 0. The highest BCUT2D eigenvalue weighted by Gasteiger charge is 2.28. The van der Waals surface area contributed by atoms with Crippen LogP contribution in [0.2, 0.25) is 0 Å². The molecule has 1 aliphatic rings. The Morgan fingerprint density at radius 1 is 1.45 bits per heavy atom. The number of aromatic nitrogens is 4. The number of halogens is 2. The van der Waals surface area contributed by atoms with Crippen molar-refractivity contribution in [1.82, 2.24) is 24.9 Å². The standard InChI is InChI=1S/C13H18N6O.2ClH/c1-8-5-6-15-13-17-11(18-19(8)13)12(20)16-10-4-2-3-9(10)7-14;;/h5-6,9-10H,2-4,7,14H2,1H3,(H,16,20);2*1H. The van der Waals surface area contributed by atoms with E-state index in [1.54, 1.807) is 10.7 Å². The molecular weight excluding hydrogens is 327 g/mol. The number of nitrogens with two attached hydrogens (primary N) is 1. The van der Waals surface area contributed by atoms with Gasteiger partial charge in [-0.15, -0.1) is 29.9 Å². The third kappa shape index (κ3) is 3.48. The number of fused-ring (bicyclic) bond motifs is 1. The number of hydrogen-bond donors (Lipinski definition) is 2. The largest absolute Gasteiger partial charge is 0.346 e. The van der Waals surface area contributed by atoms with E-state index in [-0.39, 0.29) is 42.6 Å². The lowest BCUT2D eigenvalue weighted by Crippen LogP contribution is -2.40. The van der Waals surface area contributed by atoms with Gasteiger partial charge in [-0.2, -0.15) is 4.98 Å². The molecule has 1 saturated carbocycles. The summed E-state index contributed by atoms with van der Waals surface area (Å²) in [6.07, 6.45) is 4.80. The second-order valence-electron chi connectivity index (χ2n) is 5.24. The lowest BCUT2D eigenvalue weighted by atomic mass is 10.0. The fourth-order valence-electron chi connectivity index (χ4n) is 2.74. The van der Waals surface area contributed by atoms with E-state index < -0.39 is 0 Å². The molecular formula is C13H20Cl2N6O. The van der Waals surface area contributed by atoms with Crippen LogP contribution in [0.1, 0.15) is 35.6 Å². The quantitative estimate of drug-likeness (QED) is 0.867. The van der Waals surface area contributed by atoms with Gasteiger partial charge in [-0.1, -0.05) is 6.42 Å². The second-order valence-corrected chi connectivity index (χ2v) is 5.24. The summed E-state index contributed by atoms with van der Waals surface area (Å²) in [4.78, 5) is 20.5. The Morgan fingerprint density at radius 2 is 2.23 bits per heavy atom. The number of carbonyl (C=O) groups is 1. The monoisotopic (exact) mass is 346 g/mol. The molecule has 2 heterocycles. The van der Waals surface area contributed by atoms with Crippen molar-refractivity contribution in [2.24, 2.45) is 11.7 Å². The summed E-state index contributed by atoms with van der Waals surface area (Å²) >= 11 is 0. The van der Waals surface area contributed by atoms with Gasteiger partial charge in [0.1, 0.15) is 0 Å². The molecule has 0 aromatic carbocycles. The first-order valence-electron chi connectivity index (χ1n) is 6.88. The maximum atomic E-state index is 12.2. The van der Waals surface area contributed by atoms with Crippen LogP contribution in [0.5, 0.6) is 0 Å². The fraction of sp³-hybridized carbons (Fsp3) is 0.538. The predicted molar refractivity (Wildman–Crippen MR) is 87.7 cm³/mol. The molecule has 0 radical (unpaired) electrons. The first-order valence-corrected chi connectivity index (χ1v) is 6.88. The minimum Gasteiger partial charge on any atom is -0.346 e. The summed E-state index contributed by atoms with van der Waals surface area (Å²) < 4.78 is 1.57. The zero-order valence-corrected chi connectivity index (χ0v) is 13.9. The average Bonchev–Trinajstić information content (AvgIpc) is 3.05. The minimum absolute atomic E-state index is 0. The SMILES string of the molecule is Cc1ccnc2nc(C(=O)NC3CCCC3CN)nn12.Cl.Cl. The van der Waals surface area contributed by atoms with Crippen LogP contribution < -0.4 is 11.1 Å². The second kappa shape index (κ2) is 7.71. The fourth-order valence-corrected chi connectivity index (χ4v) is 2.74. The van der Waals surface area contributed by atoms with Gasteiger partial charge in [0.25, 0.3) is 11.7 Å². The van der Waals surface area contributed by atoms with Crippen molar-refractivity contribution < 1.29 is 4.79 Å². The van der Waals surface area contributed by atoms with Crippen molar-refractivity contribution in [2.75, 3.05) is 6.54 Å². The summed E-state index contributed by atoms with van der Waals surface area (Å²) in [5.41, 5.74) is 6.61. The molecule has 2 aromatic rings. The Kier molecular flexibility index (Phi) is 6.52. The minimum atomic E-state index is -0.250. The van der Waals surface area contributed by atoms with Crippen LogP contribution >= 0.6 is 24.8 Å². The normalized spacial score (nSPS) is 20.3. The van der Waals surface area contributed by atoms with Crippen molar-refractivity contribution in [3.05, 3.63) is 23.8 Å². The van der Waals surface area contributed by atoms with Crippen molar-refractivity contribution in [3.8, 4) is 0 Å². The lowest BCUT2D eigenvalue weighted by Gasteiger charge is -2.18. The van der Waals surface area contributed by atoms with Crippen LogP contribution in [-0.2, 0) is 0 Å². The Morgan fingerprint density at radius 3 is 2.91 bits per heavy atom. The van der Waals surface area contributed by atoms with E-state index in [4.69, 9.17) is 5.73 Å². The van der Waals surface area contributed by atoms with Crippen molar-refractivity contribution in [2.45, 2.75) is 32.2 Å². The zero-order valence-electron chi connectivity index (χ0n) is 12.2. The molecule has 0 spiro atoms. The van der Waals surface area contributed by atoms with E-state index in [0.29, 0.717) is 18.2 Å². The highest BCUT2D eigenvalue weighted by Crippen LogP contribution is 2.24. The first-order chi connectivity index (χ1) is 9.69. The van der Waals surface area contributed by atoms with Crippen LogP contribution in [0, 0.1) is 12.8 Å². The molecule has 3 N–H and O–H groups in total. The van der Waals surface area contributed by atoms with Crippen molar-refractivity contribution in [1.29, 1.82) is 0 Å². The van der Waals surface area contributed by atoms with Crippen LogP contribution in [0.3, 0.4) is 0 Å². The molecule has 1 fully saturated rings. The lowest BCUT2D eigenvalue weighted by molar-refractivity contribution is 0.0918. The van der Waals surface area contributed by atoms with Gasteiger partial charge in [0.05, 0.1) is 0 Å². The van der Waals surface area contributed by atoms with Crippen molar-refractivity contribution in [3.63, 3.8) is 0 Å². The van der Waals surface area contributed by atoms with Crippen LogP contribution in [0.15, 0.2) is 12.3 Å². The van der Waals surface area contributed by atoms with Gasteiger partial charge in [-0.25, -0.2) is 9.50 Å². The Hall–Kier alpha value is -1.44. The molecule has 1 amide bonds. The number of amides is 1. The van der Waals surface area contributed by atoms with E-state index in [1.807, 2.05) is 13.0 Å². The van der Waals surface area contributed by atoms with Gasteiger partial charge < -0.3 is 11.1 Å². The summed E-state index contributed by atoms with van der Waals surface area (Å²) in [5.74, 6) is 0.711. The van der Waals surface area contributed by atoms with E-state index >= 15 is 0 Å². The van der Waals surface area contributed by atoms with Gasteiger partial charge in [0.2, 0.25) is 5.82 Å². The van der Waals surface area contributed by atoms with E-state index in [9.17, 15) is 4.79 Å². The van der Waals surface area contributed by atoms with Crippen LogP contribution in [0.4, 0.5) is 0 Å². The zero-order chi connectivity index (χ0) is 14.1. The van der Waals surface area contributed by atoms with Gasteiger partial charge in [-0.3, -0.25) is 4.79 Å². The molecule has 2 aromatic heterocycles. The van der Waals surface area contributed by atoms with Crippen LogP contribution in [-0.4, -0.2) is 38.1 Å². The van der Waals surface area contributed by atoms with Gasteiger partial charge in [0.15, 0.2) is 0 Å². The summed E-state index contributed by atoms with van der Waals surface area (Å²) in [5, 5.41) is 7.20. The number of rotatable bonds is 3. The van der Waals surface area contributed by atoms with Crippen LogP contribution in [0.25, 0.3) is 5.78 Å². The molecule has 0 saturated heterocycles. The molecule has 1 aliphatic carbocycles. The van der Waals surface area contributed by atoms with Gasteiger partial charge in [-0.05, 0) is 38.3 Å². The molecule has 22 heavy (non-hydrogen) atoms. The first kappa shape index (κ1) is 18.6. The molecule has 2 atom stereocenters. The molecule has 9 heteroatoms. The van der Waals surface area contributed by atoms with Gasteiger partial charge in [0, 0.05) is 17.9 Å². The number of hydrogen-bond acceptors (Lipinski definition) is 5. The summed E-state index contributed by atoms with van der Waals surface area (Å²) in [6.45, 7) is 2.50. The molecule has 0 aliphatic heterocycles. The molecule has 122 valence electrons. The maximum absolute atomic E-state index is 12.2. The number of carbonyl (C=O) groups excluding carboxylic acids is 1. The number of aryl methyl sites for hydroxylation is 1. The van der Waals surface area contributed by atoms with E-state index in [1.165, 1.54) is 0 Å². The average molecular weight is 347 g/mol. The maximum Gasteiger partial charge on any atom is 0.291 e. The van der Waals surface area contributed by atoms with E-state index in [2.05, 4.69) is 20.4 Å². The van der Waals surface area contributed by atoms with Gasteiger partial charge >= 0.3 is 0 Å². The topological polar surface area (TPSA) is 98.2 Å². The Balaban J connectivity index is 0.00000121. The molecule has 0 bridgehead atoms. The third-order valence-electron chi connectivity index (χ3n) is 3.91.